The number of oxazole rings is 1. The van der Waals surface area contributed by atoms with Crippen LogP contribution in [0.4, 0.5) is 9.39 Å². The minimum absolute atomic E-state index is 0.0718. The van der Waals surface area contributed by atoms with Crippen LogP contribution in [0.2, 0.25) is 0 Å². The van der Waals surface area contributed by atoms with Crippen LogP contribution in [0.5, 0.6) is 0 Å². The van der Waals surface area contributed by atoms with Crippen molar-refractivity contribution in [2.75, 3.05) is 5.32 Å². The van der Waals surface area contributed by atoms with E-state index < -0.39 is 17.7 Å². The van der Waals surface area contributed by atoms with Gasteiger partial charge in [-0.1, -0.05) is 18.2 Å². The molecule has 0 aliphatic heterocycles. The van der Waals surface area contributed by atoms with E-state index in [1.54, 1.807) is 30.3 Å². The molecular weight excluding hydrogens is 397 g/mol. The van der Waals surface area contributed by atoms with E-state index in [4.69, 9.17) is 9.68 Å². The molecule has 2 aromatic carbocycles. The zero-order valence-electron chi connectivity index (χ0n) is 14.5. The molecule has 0 unspecified atom stereocenters. The van der Waals surface area contributed by atoms with Crippen LogP contribution in [0.25, 0.3) is 22.2 Å². The second-order valence-electron chi connectivity index (χ2n) is 5.91. The molecule has 2 heterocycles. The summed E-state index contributed by atoms with van der Waals surface area (Å²) in [5, 5.41) is 22.7. The zero-order chi connectivity index (χ0) is 20.5. The van der Waals surface area contributed by atoms with Gasteiger partial charge in [0.2, 0.25) is 0 Å². The van der Waals surface area contributed by atoms with Crippen molar-refractivity contribution in [1.82, 2.24) is 4.98 Å². The lowest BCUT2D eigenvalue weighted by atomic mass is 10.0. The second kappa shape index (κ2) is 7.18. The average Bonchev–Trinajstić information content (AvgIpc) is 3.32. The van der Waals surface area contributed by atoms with Gasteiger partial charge >= 0.3 is 11.9 Å². The summed E-state index contributed by atoms with van der Waals surface area (Å²) in [4.78, 5) is 28.4. The van der Waals surface area contributed by atoms with Crippen molar-refractivity contribution >= 4 is 39.3 Å². The maximum Gasteiger partial charge on any atom is 0.339 e. The Balaban J connectivity index is 1.71. The van der Waals surface area contributed by atoms with Crippen molar-refractivity contribution in [3.63, 3.8) is 0 Å². The predicted molar refractivity (Wildman–Crippen MR) is 103 cm³/mol. The largest absolute Gasteiger partial charge is 0.478 e. The van der Waals surface area contributed by atoms with E-state index in [1.165, 1.54) is 17.5 Å². The van der Waals surface area contributed by atoms with Gasteiger partial charge in [-0.05, 0) is 29.8 Å². The number of anilines is 1. The molecule has 0 atom stereocenters. The van der Waals surface area contributed by atoms with E-state index >= 15 is 0 Å². The molecule has 9 heteroatoms. The lowest BCUT2D eigenvalue weighted by Gasteiger charge is -2.05. The molecule has 0 aliphatic rings. The number of carboxylic acid groups (broad SMARTS) is 1. The highest BCUT2D eigenvalue weighted by atomic mass is 32.1. The smallest absolute Gasteiger partial charge is 0.339 e. The monoisotopic (exact) mass is 407 g/mol. The Labute approximate surface area is 166 Å². The van der Waals surface area contributed by atoms with Crippen molar-refractivity contribution in [1.29, 1.82) is 5.26 Å². The highest BCUT2D eigenvalue weighted by Crippen LogP contribution is 2.36. The number of carbonyl (C=O) groups is 2. The molecular formula is C20H10FN3O4S. The lowest BCUT2D eigenvalue weighted by molar-refractivity contribution is 0.0699. The minimum atomic E-state index is -1.28. The number of nitrogens with zero attached hydrogens (tertiary/aromatic N) is 2. The molecule has 4 rings (SSSR count). The van der Waals surface area contributed by atoms with Crippen molar-refractivity contribution in [3.8, 4) is 17.2 Å². The van der Waals surface area contributed by atoms with Crippen LogP contribution in [0.1, 0.15) is 26.6 Å². The summed E-state index contributed by atoms with van der Waals surface area (Å²) in [5.41, 5.74) is 1.15. The Morgan fingerprint density at radius 1 is 1.24 bits per heavy atom. The van der Waals surface area contributed by atoms with Crippen molar-refractivity contribution in [2.45, 2.75) is 0 Å². The number of fused-ring (bicyclic) bond motifs is 1. The first-order valence-electron chi connectivity index (χ1n) is 8.19. The van der Waals surface area contributed by atoms with Gasteiger partial charge in [-0.3, -0.25) is 4.79 Å². The van der Waals surface area contributed by atoms with Crippen molar-refractivity contribution < 1.29 is 23.5 Å². The lowest BCUT2D eigenvalue weighted by Crippen LogP contribution is -2.13. The van der Waals surface area contributed by atoms with Gasteiger partial charge in [0.05, 0.1) is 5.56 Å². The molecule has 0 radical (unpaired) electrons. The first-order valence-corrected chi connectivity index (χ1v) is 9.07. The van der Waals surface area contributed by atoms with Gasteiger partial charge in [0, 0.05) is 10.9 Å². The van der Waals surface area contributed by atoms with Crippen LogP contribution in [0, 0.1) is 17.1 Å². The summed E-state index contributed by atoms with van der Waals surface area (Å²) in [7, 11) is 0. The zero-order valence-corrected chi connectivity index (χ0v) is 15.3. The van der Waals surface area contributed by atoms with Gasteiger partial charge in [-0.2, -0.15) is 5.26 Å². The Morgan fingerprint density at radius 3 is 2.76 bits per heavy atom. The summed E-state index contributed by atoms with van der Waals surface area (Å²) >= 11 is 0.988. The number of benzene rings is 2. The molecule has 7 nitrogen and oxygen atoms in total. The highest BCUT2D eigenvalue weighted by molar-refractivity contribution is 7.15. The number of hydrogen-bond donors (Lipinski definition) is 2. The van der Waals surface area contributed by atoms with Crippen molar-refractivity contribution in [3.05, 3.63) is 70.7 Å². The fourth-order valence-electron chi connectivity index (χ4n) is 2.78. The summed E-state index contributed by atoms with van der Waals surface area (Å²) in [6.45, 7) is 0. The Hall–Kier alpha value is -4.03. The third-order valence-corrected chi connectivity index (χ3v) is 5.01. The fourth-order valence-corrected chi connectivity index (χ4v) is 3.74. The minimum Gasteiger partial charge on any atom is -0.478 e. The molecule has 0 bridgehead atoms. The number of nitriles is 1. The number of carbonyl (C=O) groups excluding carboxylic acids is 1. The molecule has 0 spiro atoms. The normalized spacial score (nSPS) is 10.6. The Morgan fingerprint density at radius 2 is 2.03 bits per heavy atom. The molecule has 4 aromatic rings. The van der Waals surface area contributed by atoms with Crippen molar-refractivity contribution in [2.24, 2.45) is 0 Å². The maximum absolute atomic E-state index is 13.6. The molecule has 2 N–H and O–H groups in total. The third-order valence-electron chi connectivity index (χ3n) is 4.12. The first kappa shape index (κ1) is 18.3. The maximum atomic E-state index is 13.6. The van der Waals surface area contributed by atoms with Crippen LogP contribution in [0.15, 0.2) is 52.3 Å². The second-order valence-corrected chi connectivity index (χ2v) is 6.79. The third kappa shape index (κ3) is 3.33. The number of amides is 1. The molecule has 0 saturated heterocycles. The van der Waals surface area contributed by atoms with Gasteiger partial charge in [0.25, 0.3) is 5.89 Å². The number of aromatic carboxylic acids is 1. The Bertz CT molecular complexity index is 1290. The molecule has 142 valence electrons. The number of aromatic nitrogens is 1. The molecule has 0 fully saturated rings. The van der Waals surface area contributed by atoms with Crippen LogP contribution in [-0.4, -0.2) is 22.0 Å². The topological polar surface area (TPSA) is 116 Å². The molecule has 2 aromatic heterocycles. The summed E-state index contributed by atoms with van der Waals surface area (Å²) in [6.07, 6.45) is 0. The first-order chi connectivity index (χ1) is 14.0. The Kier molecular flexibility index (Phi) is 4.54. The van der Waals surface area contributed by atoms with Crippen LogP contribution in [-0.2, 0) is 0 Å². The van der Waals surface area contributed by atoms with E-state index in [2.05, 4.69) is 10.3 Å². The summed E-state index contributed by atoms with van der Waals surface area (Å²) in [5.74, 6) is -2.88. The standard InChI is InChI=1S/C20H10FN3O4S/c21-13-6-5-10(7-11(13)8-22)12-9-29-19(16(12)20(26)27)24-17(25)18-23-14-3-1-2-4-15(14)28-18/h1-7,9H,(H,24,25)(H,26,27). The van der Waals surface area contributed by atoms with Crippen LogP contribution < -0.4 is 5.32 Å². The number of rotatable bonds is 4. The molecule has 0 saturated carbocycles. The predicted octanol–water partition coefficient (Wildman–Crippen LogP) is 4.52. The molecule has 29 heavy (non-hydrogen) atoms. The SMILES string of the molecule is N#Cc1cc(-c2csc(NC(=O)c3nc4ccccc4o3)c2C(=O)O)ccc1F. The van der Waals surface area contributed by atoms with Crippen LogP contribution >= 0.6 is 11.3 Å². The summed E-state index contributed by atoms with van der Waals surface area (Å²) < 4.78 is 19.0. The van der Waals surface area contributed by atoms with E-state index in [0.29, 0.717) is 16.7 Å². The van der Waals surface area contributed by atoms with E-state index in [1.807, 2.05) is 0 Å². The highest BCUT2D eigenvalue weighted by Gasteiger charge is 2.24. The average molecular weight is 407 g/mol. The number of halogens is 1. The number of carboxylic acids is 1. The summed E-state index contributed by atoms with van der Waals surface area (Å²) in [6, 6.07) is 12.3. The van der Waals surface area contributed by atoms with E-state index in [0.717, 1.165) is 17.4 Å². The van der Waals surface area contributed by atoms with Gasteiger partial charge in [-0.25, -0.2) is 14.2 Å². The quantitative estimate of drug-likeness (QED) is 0.514. The van der Waals surface area contributed by atoms with E-state index in [-0.39, 0.29) is 27.6 Å². The van der Waals surface area contributed by atoms with Crippen LogP contribution in [0.3, 0.4) is 0 Å². The molecule has 0 aliphatic carbocycles. The number of nitrogens with one attached hydrogen (secondary N) is 1. The van der Waals surface area contributed by atoms with E-state index in [9.17, 15) is 19.1 Å². The van der Waals surface area contributed by atoms with Gasteiger partial charge in [0.15, 0.2) is 5.58 Å². The van der Waals surface area contributed by atoms with Gasteiger partial charge < -0.3 is 14.8 Å². The fraction of sp³-hybridized carbons (Fsp3) is 0. The molecule has 1 amide bonds. The number of thiophene rings is 1. The number of para-hydroxylation sites is 2. The van der Waals surface area contributed by atoms with Gasteiger partial charge in [0.1, 0.15) is 28.0 Å². The number of hydrogen-bond acceptors (Lipinski definition) is 6. The van der Waals surface area contributed by atoms with Gasteiger partial charge in [-0.15, -0.1) is 11.3 Å².